The maximum Gasteiger partial charge on any atom is 0.189 e. The summed E-state index contributed by atoms with van der Waals surface area (Å²) in [4.78, 5) is 11.6. The van der Waals surface area contributed by atoms with Crippen molar-refractivity contribution in [2.24, 2.45) is 0 Å². The molecule has 0 aliphatic heterocycles. The van der Waals surface area contributed by atoms with Crippen LogP contribution in [0.2, 0.25) is 0 Å². The van der Waals surface area contributed by atoms with Gasteiger partial charge in [0.2, 0.25) is 0 Å². The van der Waals surface area contributed by atoms with E-state index >= 15 is 0 Å². The summed E-state index contributed by atoms with van der Waals surface area (Å²) >= 11 is 1.14. The average molecular weight is 373 g/mol. The third kappa shape index (κ3) is 19.8. The minimum atomic E-state index is -0.775. The quantitative estimate of drug-likeness (QED) is 0.241. The summed E-state index contributed by atoms with van der Waals surface area (Å²) in [5, 5.41) is 18.0. The molecule has 0 amide bonds. The highest BCUT2D eigenvalue weighted by Gasteiger charge is 2.07. The Morgan fingerprint density at radius 2 is 1.40 bits per heavy atom. The molecule has 0 aromatic heterocycles. The lowest BCUT2D eigenvalue weighted by atomic mass is 10.1. The maximum atomic E-state index is 11.6. The van der Waals surface area contributed by atoms with Crippen LogP contribution < -0.4 is 0 Å². The van der Waals surface area contributed by atoms with Gasteiger partial charge in [-0.05, 0) is 32.1 Å². The number of unbranched alkanes of at least 4 members (excludes halogenated alkanes) is 11. The largest absolute Gasteiger partial charge is 0.394 e. The minimum Gasteiger partial charge on any atom is -0.394 e. The molecule has 0 rings (SSSR count). The van der Waals surface area contributed by atoms with E-state index in [1.54, 1.807) is 0 Å². The monoisotopic (exact) mass is 372 g/mol. The van der Waals surface area contributed by atoms with Crippen molar-refractivity contribution in [3.05, 3.63) is 12.2 Å². The summed E-state index contributed by atoms with van der Waals surface area (Å²) in [6.07, 6.45) is 20.8. The zero-order valence-electron chi connectivity index (χ0n) is 16.3. The molecule has 0 aromatic rings. The Hall–Kier alpha value is -0.320. The predicted molar refractivity (Wildman–Crippen MR) is 110 cm³/mol. The van der Waals surface area contributed by atoms with Crippen molar-refractivity contribution >= 4 is 16.9 Å². The van der Waals surface area contributed by atoms with Crippen LogP contribution in [0.3, 0.4) is 0 Å². The lowest BCUT2D eigenvalue weighted by Gasteiger charge is -2.05. The molecule has 25 heavy (non-hydrogen) atoms. The number of aliphatic hydroxyl groups excluding tert-OH is 2. The predicted octanol–water partition coefficient (Wildman–Crippen LogP) is 5.64. The molecule has 0 spiro atoms. The fourth-order valence-electron chi connectivity index (χ4n) is 2.65. The third-order valence-corrected chi connectivity index (χ3v) is 5.37. The number of rotatable bonds is 18. The van der Waals surface area contributed by atoms with E-state index in [9.17, 15) is 9.90 Å². The normalized spacial score (nSPS) is 12.8. The first-order valence-electron chi connectivity index (χ1n) is 10.3. The number of carbonyl (C=O) groups excluding carboxylic acids is 1. The molecule has 2 N–H and O–H groups in total. The van der Waals surface area contributed by atoms with Crippen LogP contribution in [0.15, 0.2) is 12.2 Å². The molecule has 1 atom stereocenters. The first kappa shape index (κ1) is 24.7. The molecule has 0 radical (unpaired) electrons. The number of hydrogen-bond donors (Lipinski definition) is 2. The summed E-state index contributed by atoms with van der Waals surface area (Å²) in [5.41, 5.74) is 0. The number of hydrogen-bond acceptors (Lipinski definition) is 4. The van der Waals surface area contributed by atoms with Crippen molar-refractivity contribution in [3.8, 4) is 0 Å². The van der Waals surface area contributed by atoms with Crippen LogP contribution in [-0.4, -0.2) is 33.8 Å². The van der Waals surface area contributed by atoms with E-state index in [4.69, 9.17) is 5.11 Å². The standard InChI is InChI=1S/C21H40O3S/c1-2-3-4-5-6-7-8-9-10-11-12-13-14-15-16-17-21(24)25-19-20(23)18-22/h9-10,20,22-23H,2-8,11-19H2,1H3/b10-9-. The Morgan fingerprint density at radius 3 is 1.96 bits per heavy atom. The topological polar surface area (TPSA) is 57.5 Å². The fourth-order valence-corrected chi connectivity index (χ4v) is 3.43. The highest BCUT2D eigenvalue weighted by Crippen LogP contribution is 2.13. The van der Waals surface area contributed by atoms with E-state index in [0.717, 1.165) is 24.6 Å². The second-order valence-electron chi connectivity index (χ2n) is 6.85. The van der Waals surface area contributed by atoms with E-state index < -0.39 is 6.10 Å². The van der Waals surface area contributed by atoms with Crippen molar-refractivity contribution in [1.29, 1.82) is 0 Å². The van der Waals surface area contributed by atoms with E-state index in [-0.39, 0.29) is 11.7 Å². The maximum absolute atomic E-state index is 11.6. The Kier molecular flexibility index (Phi) is 19.7. The van der Waals surface area contributed by atoms with E-state index in [1.165, 1.54) is 70.6 Å². The number of thioether (sulfide) groups is 1. The smallest absolute Gasteiger partial charge is 0.189 e. The van der Waals surface area contributed by atoms with Gasteiger partial charge in [-0.1, -0.05) is 82.2 Å². The SMILES string of the molecule is CCCCCCCC/C=C\CCCCCCCC(=O)SCC(O)CO. The molecular formula is C21H40O3S. The number of aliphatic hydroxyl groups is 2. The molecule has 0 fully saturated rings. The Morgan fingerprint density at radius 1 is 0.880 bits per heavy atom. The Balaban J connectivity index is 3.22. The lowest BCUT2D eigenvalue weighted by molar-refractivity contribution is -0.111. The molecular weight excluding hydrogens is 332 g/mol. The van der Waals surface area contributed by atoms with Gasteiger partial charge in [0.05, 0.1) is 12.7 Å². The first-order valence-corrected chi connectivity index (χ1v) is 11.3. The third-order valence-electron chi connectivity index (χ3n) is 4.29. The second kappa shape index (κ2) is 20.0. The second-order valence-corrected chi connectivity index (χ2v) is 7.93. The molecule has 3 nitrogen and oxygen atoms in total. The Labute approximate surface area is 159 Å². The van der Waals surface area contributed by atoms with Crippen molar-refractivity contribution in [1.82, 2.24) is 0 Å². The average Bonchev–Trinajstić information content (AvgIpc) is 2.62. The number of allylic oxidation sites excluding steroid dienone is 2. The van der Waals surface area contributed by atoms with Gasteiger partial charge in [0.25, 0.3) is 0 Å². The van der Waals surface area contributed by atoms with E-state index in [0.29, 0.717) is 12.2 Å². The summed E-state index contributed by atoms with van der Waals surface area (Å²) in [6, 6.07) is 0. The Bertz CT molecular complexity index is 318. The van der Waals surface area contributed by atoms with Gasteiger partial charge in [0, 0.05) is 12.2 Å². The fraction of sp³-hybridized carbons (Fsp3) is 0.857. The summed E-state index contributed by atoms with van der Waals surface area (Å²) in [7, 11) is 0. The zero-order valence-corrected chi connectivity index (χ0v) is 17.1. The van der Waals surface area contributed by atoms with Gasteiger partial charge in [0.15, 0.2) is 5.12 Å². The first-order chi connectivity index (χ1) is 12.2. The van der Waals surface area contributed by atoms with E-state index in [1.807, 2.05) is 0 Å². The molecule has 0 saturated heterocycles. The van der Waals surface area contributed by atoms with Crippen LogP contribution in [0.5, 0.6) is 0 Å². The molecule has 0 saturated carbocycles. The van der Waals surface area contributed by atoms with Gasteiger partial charge in [-0.3, -0.25) is 4.79 Å². The van der Waals surface area contributed by atoms with Gasteiger partial charge in [-0.2, -0.15) is 0 Å². The van der Waals surface area contributed by atoms with Crippen LogP contribution in [0.1, 0.15) is 96.8 Å². The van der Waals surface area contributed by atoms with Gasteiger partial charge in [0.1, 0.15) is 0 Å². The highest BCUT2D eigenvalue weighted by atomic mass is 32.2. The summed E-state index contributed by atoms with van der Waals surface area (Å²) < 4.78 is 0. The zero-order chi connectivity index (χ0) is 18.6. The summed E-state index contributed by atoms with van der Waals surface area (Å²) in [5.74, 6) is 0.306. The minimum absolute atomic E-state index is 0.130. The summed E-state index contributed by atoms with van der Waals surface area (Å²) in [6.45, 7) is 1.99. The van der Waals surface area contributed by atoms with Gasteiger partial charge in [-0.15, -0.1) is 0 Å². The molecule has 0 aliphatic rings. The molecule has 0 aromatic carbocycles. The van der Waals surface area contributed by atoms with Gasteiger partial charge < -0.3 is 10.2 Å². The van der Waals surface area contributed by atoms with Crippen LogP contribution in [-0.2, 0) is 4.79 Å². The van der Waals surface area contributed by atoms with Crippen LogP contribution in [0, 0.1) is 0 Å². The molecule has 0 bridgehead atoms. The van der Waals surface area contributed by atoms with Gasteiger partial charge in [-0.25, -0.2) is 0 Å². The van der Waals surface area contributed by atoms with Crippen molar-refractivity contribution in [2.75, 3.05) is 12.4 Å². The molecule has 1 unspecified atom stereocenters. The highest BCUT2D eigenvalue weighted by molar-refractivity contribution is 8.13. The molecule has 148 valence electrons. The van der Waals surface area contributed by atoms with Crippen LogP contribution >= 0.6 is 11.8 Å². The van der Waals surface area contributed by atoms with Gasteiger partial charge >= 0.3 is 0 Å². The van der Waals surface area contributed by atoms with Crippen molar-refractivity contribution in [3.63, 3.8) is 0 Å². The molecule has 4 heteroatoms. The molecule has 0 heterocycles. The van der Waals surface area contributed by atoms with Crippen molar-refractivity contribution < 1.29 is 15.0 Å². The lowest BCUT2D eigenvalue weighted by Crippen LogP contribution is -2.15. The van der Waals surface area contributed by atoms with E-state index in [2.05, 4.69) is 19.1 Å². The van der Waals surface area contributed by atoms with Crippen molar-refractivity contribution in [2.45, 2.75) is 103 Å². The van der Waals surface area contributed by atoms with Crippen LogP contribution in [0.4, 0.5) is 0 Å². The van der Waals surface area contributed by atoms with Crippen LogP contribution in [0.25, 0.3) is 0 Å². The molecule has 0 aliphatic carbocycles. The number of carbonyl (C=O) groups is 1.